The van der Waals surface area contributed by atoms with Crippen molar-refractivity contribution in [3.05, 3.63) is 24.3 Å². The molecule has 0 aliphatic carbocycles. The molecule has 13 heavy (non-hydrogen) atoms. The van der Waals surface area contributed by atoms with E-state index >= 15 is 0 Å². The lowest BCUT2D eigenvalue weighted by Gasteiger charge is -2.09. The Morgan fingerprint density at radius 2 is 2.00 bits per heavy atom. The van der Waals surface area contributed by atoms with Crippen LogP contribution >= 0.6 is 22.9 Å². The monoisotopic (exact) mass is 292 g/mol. The molecule has 2 N–H and O–H groups in total. The Kier molecular flexibility index (Phi) is 4.31. The number of nitrogen functional groups attached to an aromatic ring is 1. The smallest absolute Gasteiger partial charge is 0.119 e. The van der Waals surface area contributed by atoms with Gasteiger partial charge >= 0.3 is 0 Å². The van der Waals surface area contributed by atoms with Crippen LogP contribution in [0.4, 0.5) is 5.69 Å². The van der Waals surface area contributed by atoms with E-state index in [2.05, 4.69) is 26.0 Å². The van der Waals surface area contributed by atoms with Crippen LogP contribution in [0, 0.1) is 0 Å². The summed E-state index contributed by atoms with van der Waals surface area (Å²) in [6.45, 7) is 1.61. The Balaban J connectivity index is 2.33. The Morgan fingerprint density at radius 1 is 1.38 bits per heavy atom. The molecular weight excluding hydrogens is 279 g/mol. The summed E-state index contributed by atoms with van der Waals surface area (Å²) in [5.74, 6) is 0.868. The maximum atomic E-state index is 5.54. The molecule has 0 unspecified atom stereocenters. The lowest BCUT2D eigenvalue weighted by atomic mass is 10.3. The van der Waals surface area contributed by atoms with Crippen molar-refractivity contribution < 1.29 is 4.74 Å². The summed E-state index contributed by atoms with van der Waals surface area (Å²) in [5.41, 5.74) is 6.30. The maximum absolute atomic E-state index is 5.54. The van der Waals surface area contributed by atoms with E-state index in [9.17, 15) is 0 Å². The SMILES string of the molecule is CN(I)CCOc1ccc(N)cc1. The van der Waals surface area contributed by atoms with Crippen LogP contribution in [0.1, 0.15) is 0 Å². The molecule has 0 heterocycles. The van der Waals surface area contributed by atoms with Crippen LogP contribution in [-0.2, 0) is 0 Å². The molecule has 0 atom stereocenters. The van der Waals surface area contributed by atoms with Gasteiger partial charge in [0, 0.05) is 35.1 Å². The number of rotatable bonds is 4. The number of anilines is 1. The van der Waals surface area contributed by atoms with Crippen LogP contribution in [0.25, 0.3) is 0 Å². The molecule has 0 aromatic heterocycles. The number of hydrogen-bond acceptors (Lipinski definition) is 3. The second kappa shape index (κ2) is 5.29. The first-order chi connectivity index (χ1) is 6.18. The highest BCUT2D eigenvalue weighted by atomic mass is 127. The van der Waals surface area contributed by atoms with E-state index in [1.807, 2.05) is 31.3 Å². The summed E-state index contributed by atoms with van der Waals surface area (Å²) in [5, 5.41) is 0. The molecule has 1 rings (SSSR count). The fourth-order valence-corrected chi connectivity index (χ4v) is 1.05. The van der Waals surface area contributed by atoms with E-state index in [0.29, 0.717) is 6.61 Å². The highest BCUT2D eigenvalue weighted by molar-refractivity contribution is 14.1. The Hall–Kier alpha value is -0.490. The second-order valence-electron chi connectivity index (χ2n) is 2.75. The van der Waals surface area contributed by atoms with Gasteiger partial charge in [0.25, 0.3) is 0 Å². The third-order valence-corrected chi connectivity index (χ3v) is 2.03. The summed E-state index contributed by atoms with van der Waals surface area (Å²) >= 11 is 2.22. The number of halogens is 1. The third kappa shape index (κ3) is 4.33. The van der Waals surface area contributed by atoms with Gasteiger partial charge in [-0.1, -0.05) is 0 Å². The van der Waals surface area contributed by atoms with Gasteiger partial charge in [0.2, 0.25) is 0 Å². The molecule has 0 fully saturated rings. The lowest BCUT2D eigenvalue weighted by molar-refractivity contribution is 0.300. The third-order valence-electron chi connectivity index (χ3n) is 1.55. The number of nitrogens with zero attached hydrogens (tertiary/aromatic N) is 1. The highest BCUT2D eigenvalue weighted by Gasteiger charge is 1.94. The average Bonchev–Trinajstić information content (AvgIpc) is 2.08. The molecule has 4 heteroatoms. The van der Waals surface area contributed by atoms with Crippen molar-refractivity contribution in [2.75, 3.05) is 25.9 Å². The minimum atomic E-state index is 0.698. The molecule has 0 saturated heterocycles. The summed E-state index contributed by atoms with van der Waals surface area (Å²) in [4.78, 5) is 0. The largest absolute Gasteiger partial charge is 0.492 e. The predicted octanol–water partition coefficient (Wildman–Crippen LogP) is 1.93. The van der Waals surface area contributed by atoms with Gasteiger partial charge in [0.05, 0.1) is 0 Å². The zero-order valence-electron chi connectivity index (χ0n) is 7.53. The Bertz CT molecular complexity index is 248. The Morgan fingerprint density at radius 3 is 2.54 bits per heavy atom. The van der Waals surface area contributed by atoms with Crippen molar-refractivity contribution >= 4 is 28.6 Å². The molecule has 0 aliphatic heterocycles. The number of ether oxygens (including phenoxy) is 1. The van der Waals surface area contributed by atoms with Gasteiger partial charge in [-0.15, -0.1) is 0 Å². The quantitative estimate of drug-likeness (QED) is 0.523. The van der Waals surface area contributed by atoms with Crippen molar-refractivity contribution in [2.24, 2.45) is 0 Å². The summed E-state index contributed by atoms with van der Waals surface area (Å²) in [7, 11) is 2.01. The van der Waals surface area contributed by atoms with E-state index in [4.69, 9.17) is 10.5 Å². The lowest BCUT2D eigenvalue weighted by Crippen LogP contribution is -2.14. The summed E-state index contributed by atoms with van der Waals surface area (Å²) < 4.78 is 7.52. The van der Waals surface area contributed by atoms with Gasteiger partial charge in [-0.05, 0) is 31.3 Å². The molecule has 1 aromatic rings. The number of benzene rings is 1. The Labute approximate surface area is 92.4 Å². The van der Waals surface area contributed by atoms with Crippen LogP contribution in [0.5, 0.6) is 5.75 Å². The van der Waals surface area contributed by atoms with Crippen LogP contribution in [-0.4, -0.2) is 23.3 Å². The minimum Gasteiger partial charge on any atom is -0.492 e. The molecule has 0 radical (unpaired) electrons. The fourth-order valence-electron chi connectivity index (χ4n) is 0.853. The zero-order valence-corrected chi connectivity index (χ0v) is 9.69. The van der Waals surface area contributed by atoms with Crippen molar-refractivity contribution in [2.45, 2.75) is 0 Å². The molecule has 0 bridgehead atoms. The van der Waals surface area contributed by atoms with Gasteiger partial charge in [0.1, 0.15) is 12.4 Å². The molecule has 72 valence electrons. The molecular formula is C9H13IN2O. The van der Waals surface area contributed by atoms with Crippen LogP contribution in [0.2, 0.25) is 0 Å². The van der Waals surface area contributed by atoms with Gasteiger partial charge in [-0.25, -0.2) is 3.11 Å². The maximum Gasteiger partial charge on any atom is 0.119 e. The predicted molar refractivity (Wildman–Crippen MR) is 63.0 cm³/mol. The van der Waals surface area contributed by atoms with Crippen LogP contribution in [0.15, 0.2) is 24.3 Å². The summed E-state index contributed by atoms with van der Waals surface area (Å²) in [6.07, 6.45) is 0. The standard InChI is InChI=1S/C9H13IN2O/c1-12(10)6-7-13-9-4-2-8(11)3-5-9/h2-5H,6-7,11H2,1H3. The minimum absolute atomic E-state index is 0.698. The highest BCUT2D eigenvalue weighted by Crippen LogP contribution is 2.12. The second-order valence-corrected chi connectivity index (χ2v) is 4.39. The van der Waals surface area contributed by atoms with Gasteiger partial charge in [-0.3, -0.25) is 0 Å². The number of nitrogens with two attached hydrogens (primary N) is 1. The first kappa shape index (κ1) is 10.6. The van der Waals surface area contributed by atoms with Gasteiger partial charge in [0.15, 0.2) is 0 Å². The summed E-state index contributed by atoms with van der Waals surface area (Å²) in [6, 6.07) is 7.43. The first-order valence-electron chi connectivity index (χ1n) is 4.04. The fraction of sp³-hybridized carbons (Fsp3) is 0.333. The van der Waals surface area contributed by atoms with Gasteiger partial charge < -0.3 is 10.5 Å². The molecule has 0 aliphatic rings. The molecule has 0 spiro atoms. The van der Waals surface area contributed by atoms with Crippen LogP contribution < -0.4 is 10.5 Å². The van der Waals surface area contributed by atoms with Crippen molar-refractivity contribution in [3.8, 4) is 5.75 Å². The van der Waals surface area contributed by atoms with Crippen LogP contribution in [0.3, 0.4) is 0 Å². The van der Waals surface area contributed by atoms with E-state index < -0.39 is 0 Å². The number of hydrogen-bond donors (Lipinski definition) is 1. The molecule has 3 nitrogen and oxygen atoms in total. The van der Waals surface area contributed by atoms with E-state index in [-0.39, 0.29) is 0 Å². The van der Waals surface area contributed by atoms with Crippen molar-refractivity contribution in [1.29, 1.82) is 0 Å². The molecule has 0 amide bonds. The molecule has 0 saturated carbocycles. The van der Waals surface area contributed by atoms with E-state index in [0.717, 1.165) is 18.0 Å². The van der Waals surface area contributed by atoms with E-state index in [1.54, 1.807) is 0 Å². The molecule has 1 aromatic carbocycles. The first-order valence-corrected chi connectivity index (χ1v) is 5.00. The van der Waals surface area contributed by atoms with E-state index in [1.165, 1.54) is 0 Å². The normalized spacial score (nSPS) is 10.4. The van der Waals surface area contributed by atoms with Gasteiger partial charge in [-0.2, -0.15) is 0 Å². The number of likely N-dealkylation sites (N-methyl/N-ethyl adjacent to an activating group) is 1. The zero-order chi connectivity index (χ0) is 9.68. The van der Waals surface area contributed by atoms with Crippen molar-refractivity contribution in [3.63, 3.8) is 0 Å². The average molecular weight is 292 g/mol. The van der Waals surface area contributed by atoms with Crippen molar-refractivity contribution in [1.82, 2.24) is 3.11 Å². The topological polar surface area (TPSA) is 38.5 Å².